The highest BCUT2D eigenvalue weighted by molar-refractivity contribution is 7.71. The first-order valence-corrected chi connectivity index (χ1v) is 6.76. The molecule has 3 nitrogen and oxygen atoms in total. The predicted octanol–water partition coefficient (Wildman–Crippen LogP) is 2.98. The molecule has 20 heavy (non-hydrogen) atoms. The van der Waals surface area contributed by atoms with Crippen molar-refractivity contribution in [1.29, 1.82) is 0 Å². The molecule has 0 bridgehead atoms. The van der Waals surface area contributed by atoms with Gasteiger partial charge in [-0.2, -0.15) is 0 Å². The van der Waals surface area contributed by atoms with Crippen LogP contribution in [0.5, 0.6) is 0 Å². The molecule has 0 aliphatic carbocycles. The lowest BCUT2D eigenvalue weighted by atomic mass is 10.1. The zero-order valence-corrected chi connectivity index (χ0v) is 11.5. The average molecular weight is 293 g/mol. The van der Waals surface area contributed by atoms with E-state index in [1.54, 1.807) is 12.3 Å². The number of rotatable bonds is 2. The van der Waals surface area contributed by atoms with Crippen LogP contribution in [0.15, 0.2) is 24.4 Å². The lowest BCUT2D eigenvalue weighted by Gasteiger charge is -2.28. The number of nitrogens with zero attached hydrogens (tertiary/aromatic N) is 2. The molecule has 3 rings (SSSR count). The van der Waals surface area contributed by atoms with Gasteiger partial charge in [0.25, 0.3) is 0 Å². The van der Waals surface area contributed by atoms with Gasteiger partial charge in [0.1, 0.15) is 0 Å². The van der Waals surface area contributed by atoms with E-state index < -0.39 is 11.6 Å². The molecule has 1 aromatic carbocycles. The van der Waals surface area contributed by atoms with Crippen molar-refractivity contribution in [3.63, 3.8) is 0 Å². The molecule has 0 saturated carbocycles. The van der Waals surface area contributed by atoms with Crippen molar-refractivity contribution in [2.24, 2.45) is 0 Å². The Balaban J connectivity index is 1.75. The second kappa shape index (κ2) is 5.38. The summed E-state index contributed by atoms with van der Waals surface area (Å²) in [6.07, 6.45) is 2.64. The maximum Gasteiger partial charge on any atom is 0.196 e. The number of hydrogen-bond donors (Lipinski definition) is 1. The normalized spacial score (nSPS) is 15.1. The van der Waals surface area contributed by atoms with E-state index in [1.807, 2.05) is 0 Å². The summed E-state index contributed by atoms with van der Waals surface area (Å²) in [4.78, 5) is 9.35. The summed E-state index contributed by atoms with van der Waals surface area (Å²) < 4.78 is 26.6. The van der Waals surface area contributed by atoms with Crippen molar-refractivity contribution < 1.29 is 8.78 Å². The third-order valence-corrected chi connectivity index (χ3v) is 3.65. The fourth-order valence-electron chi connectivity index (χ4n) is 2.44. The number of H-pyrrole nitrogens is 1. The molecule has 1 aliphatic rings. The highest BCUT2D eigenvalue weighted by atomic mass is 32.1. The topological polar surface area (TPSA) is 31.9 Å². The molecular formula is C14H13F2N3S. The van der Waals surface area contributed by atoms with Gasteiger partial charge in [0.15, 0.2) is 16.4 Å². The summed E-state index contributed by atoms with van der Waals surface area (Å²) in [5.41, 5.74) is 2.99. The van der Waals surface area contributed by atoms with Crippen LogP contribution in [0.25, 0.3) is 0 Å². The third kappa shape index (κ3) is 2.76. The first-order valence-electron chi connectivity index (χ1n) is 6.35. The third-order valence-electron chi connectivity index (χ3n) is 3.45. The van der Waals surface area contributed by atoms with Gasteiger partial charge in [-0.3, -0.25) is 4.90 Å². The number of aromatic amines is 1. The monoisotopic (exact) mass is 293 g/mol. The Bertz CT molecular complexity index is 699. The molecular weight excluding hydrogens is 280 g/mol. The summed E-state index contributed by atoms with van der Waals surface area (Å²) in [5, 5.41) is 0. The zero-order chi connectivity index (χ0) is 14.1. The smallest absolute Gasteiger partial charge is 0.196 e. The molecule has 104 valence electrons. The molecule has 2 aromatic rings. The van der Waals surface area contributed by atoms with Crippen LogP contribution >= 0.6 is 12.2 Å². The Kier molecular flexibility index (Phi) is 3.58. The Morgan fingerprint density at radius 1 is 1.30 bits per heavy atom. The quantitative estimate of drug-likeness (QED) is 0.864. The Morgan fingerprint density at radius 2 is 2.15 bits per heavy atom. The van der Waals surface area contributed by atoms with Crippen LogP contribution in [0.3, 0.4) is 0 Å². The van der Waals surface area contributed by atoms with Gasteiger partial charge < -0.3 is 4.98 Å². The Labute approximate surface area is 120 Å². The fraction of sp³-hybridized carbons (Fsp3) is 0.286. The highest BCUT2D eigenvalue weighted by Crippen LogP contribution is 2.19. The lowest BCUT2D eigenvalue weighted by Crippen LogP contribution is -2.30. The van der Waals surface area contributed by atoms with E-state index in [-0.39, 0.29) is 0 Å². The molecule has 1 N–H and O–H groups in total. The van der Waals surface area contributed by atoms with Crippen LogP contribution in [0.1, 0.15) is 16.8 Å². The maximum absolute atomic E-state index is 13.2. The minimum absolute atomic E-state index is 0.498. The van der Waals surface area contributed by atoms with Crippen LogP contribution in [0, 0.1) is 16.4 Å². The van der Waals surface area contributed by atoms with E-state index in [9.17, 15) is 8.78 Å². The number of nitrogens with one attached hydrogen (secondary N) is 1. The summed E-state index contributed by atoms with van der Waals surface area (Å²) >= 11 is 5.00. The van der Waals surface area contributed by atoms with Gasteiger partial charge in [-0.15, -0.1) is 0 Å². The molecule has 1 aliphatic heterocycles. The number of aromatic nitrogens is 2. The molecule has 1 aromatic heterocycles. The summed E-state index contributed by atoms with van der Waals surface area (Å²) in [7, 11) is 0. The van der Waals surface area contributed by atoms with Crippen molar-refractivity contribution >= 4 is 12.2 Å². The van der Waals surface area contributed by atoms with Crippen molar-refractivity contribution in [3.05, 3.63) is 57.6 Å². The molecule has 2 heterocycles. The van der Waals surface area contributed by atoms with E-state index in [4.69, 9.17) is 12.2 Å². The zero-order valence-electron chi connectivity index (χ0n) is 10.7. The number of benzene rings is 1. The van der Waals surface area contributed by atoms with Gasteiger partial charge in [0.05, 0.1) is 0 Å². The van der Waals surface area contributed by atoms with E-state index in [2.05, 4.69) is 14.9 Å². The van der Waals surface area contributed by atoms with Crippen LogP contribution < -0.4 is 0 Å². The molecule has 0 unspecified atom stereocenters. The molecule has 0 spiro atoms. The van der Waals surface area contributed by atoms with E-state index in [0.29, 0.717) is 11.3 Å². The lowest BCUT2D eigenvalue weighted by molar-refractivity contribution is 0.242. The molecule has 0 fully saturated rings. The van der Waals surface area contributed by atoms with Crippen LogP contribution in [-0.4, -0.2) is 21.4 Å². The van der Waals surface area contributed by atoms with Crippen LogP contribution in [0.4, 0.5) is 8.78 Å². The molecule has 6 heteroatoms. The highest BCUT2D eigenvalue weighted by Gasteiger charge is 2.17. The van der Waals surface area contributed by atoms with E-state index in [0.717, 1.165) is 36.3 Å². The molecule has 0 atom stereocenters. The Morgan fingerprint density at radius 3 is 2.95 bits per heavy atom. The summed E-state index contributed by atoms with van der Waals surface area (Å²) in [6, 6.07) is 4.04. The van der Waals surface area contributed by atoms with Gasteiger partial charge in [-0.05, 0) is 29.9 Å². The average Bonchev–Trinajstić information content (AvgIpc) is 2.43. The van der Waals surface area contributed by atoms with Crippen LogP contribution in [-0.2, 0) is 19.5 Å². The van der Waals surface area contributed by atoms with Gasteiger partial charge in [-0.25, -0.2) is 13.8 Å². The molecule has 0 saturated heterocycles. The van der Waals surface area contributed by atoms with Crippen molar-refractivity contribution in [3.8, 4) is 0 Å². The predicted molar refractivity (Wildman–Crippen MR) is 73.6 cm³/mol. The molecule has 0 radical (unpaired) electrons. The van der Waals surface area contributed by atoms with Crippen molar-refractivity contribution in [2.45, 2.75) is 19.5 Å². The summed E-state index contributed by atoms with van der Waals surface area (Å²) in [5.74, 6) is -1.61. The van der Waals surface area contributed by atoms with Crippen LogP contribution in [0.2, 0.25) is 0 Å². The summed E-state index contributed by atoms with van der Waals surface area (Å²) in [6.45, 7) is 2.17. The first-order chi connectivity index (χ1) is 9.61. The van der Waals surface area contributed by atoms with Gasteiger partial charge >= 0.3 is 0 Å². The standard InChI is InChI=1S/C14H13F2N3S/c15-11-2-1-9(5-12(11)16)7-19-4-3-13-10(8-19)6-17-14(20)18-13/h1-2,5-6H,3-4,7-8H2,(H,17,18,20). The largest absolute Gasteiger partial charge is 0.334 e. The number of fused-ring (bicyclic) bond motifs is 1. The Hall–Kier alpha value is -1.66. The second-order valence-corrected chi connectivity index (χ2v) is 5.29. The van der Waals surface area contributed by atoms with E-state index >= 15 is 0 Å². The SMILES string of the molecule is Fc1ccc(CN2CCc3[nH]c(=S)ncc3C2)cc1F. The first kappa shape index (κ1) is 13.3. The molecule has 0 amide bonds. The number of hydrogen-bond acceptors (Lipinski definition) is 3. The second-order valence-electron chi connectivity index (χ2n) is 4.90. The van der Waals surface area contributed by atoms with Gasteiger partial charge in [-0.1, -0.05) is 6.07 Å². The fourth-order valence-corrected chi connectivity index (χ4v) is 2.61. The van der Waals surface area contributed by atoms with Crippen molar-refractivity contribution in [1.82, 2.24) is 14.9 Å². The number of halogens is 2. The van der Waals surface area contributed by atoms with Gasteiger partial charge in [0.2, 0.25) is 0 Å². The van der Waals surface area contributed by atoms with Gasteiger partial charge in [0, 0.05) is 43.5 Å². The maximum atomic E-state index is 13.2. The minimum Gasteiger partial charge on any atom is -0.334 e. The van der Waals surface area contributed by atoms with Crippen molar-refractivity contribution in [2.75, 3.05) is 6.54 Å². The van der Waals surface area contributed by atoms with E-state index in [1.165, 1.54) is 12.1 Å². The minimum atomic E-state index is -0.811.